The summed E-state index contributed by atoms with van der Waals surface area (Å²) in [4.78, 5) is 13.7. The Morgan fingerprint density at radius 2 is 1.80 bits per heavy atom. The van der Waals surface area contributed by atoms with Crippen LogP contribution in [0.25, 0.3) is 16.8 Å². The lowest BCUT2D eigenvalue weighted by atomic mass is 10.1. The molecule has 0 aliphatic rings. The van der Waals surface area contributed by atoms with Crippen LogP contribution in [0.5, 0.6) is 0 Å². The molecule has 0 atom stereocenters. The number of furan rings is 1. The van der Waals surface area contributed by atoms with Crippen molar-refractivity contribution in [3.63, 3.8) is 0 Å². The fourth-order valence-corrected chi connectivity index (χ4v) is 5.16. The Labute approximate surface area is 209 Å². The van der Waals surface area contributed by atoms with Gasteiger partial charge in [0, 0.05) is 17.4 Å². The average molecular weight is 495 g/mol. The number of nitrogens with one attached hydrogen (secondary N) is 1. The van der Waals surface area contributed by atoms with E-state index in [1.165, 1.54) is 29.2 Å². The summed E-state index contributed by atoms with van der Waals surface area (Å²) in [6, 6.07) is 29.6. The fraction of sp³-hybridized carbons (Fsp3) is 0.0370. The lowest BCUT2D eigenvalue weighted by molar-refractivity contribution is -0.112. The molecule has 0 radical (unpaired) electrons. The maximum atomic E-state index is 12.7. The second-order valence-corrected chi connectivity index (χ2v) is 9.63. The van der Waals surface area contributed by atoms with E-state index < -0.39 is 5.91 Å². The highest BCUT2D eigenvalue weighted by Crippen LogP contribution is 2.34. The fourth-order valence-electron chi connectivity index (χ4n) is 3.46. The molecule has 0 aliphatic carbocycles. The molecule has 0 fully saturated rings. The Hall–Kier alpha value is -4.19. The predicted octanol–water partition coefficient (Wildman–Crippen LogP) is 6.57. The molecule has 0 saturated carbocycles. The van der Waals surface area contributed by atoms with Gasteiger partial charge in [-0.1, -0.05) is 89.8 Å². The zero-order valence-electron chi connectivity index (χ0n) is 18.3. The second kappa shape index (κ2) is 10.4. The highest BCUT2D eigenvalue weighted by molar-refractivity contribution is 7.99. The van der Waals surface area contributed by atoms with Crippen LogP contribution in [0.1, 0.15) is 16.3 Å². The van der Waals surface area contributed by atoms with E-state index in [-0.39, 0.29) is 5.57 Å². The van der Waals surface area contributed by atoms with E-state index in [2.05, 4.69) is 33.7 Å². The summed E-state index contributed by atoms with van der Waals surface area (Å²) < 4.78 is 5.87. The third-order valence-corrected chi connectivity index (χ3v) is 6.93. The van der Waals surface area contributed by atoms with Crippen LogP contribution in [0.2, 0.25) is 0 Å². The van der Waals surface area contributed by atoms with Crippen molar-refractivity contribution in [1.82, 2.24) is 10.2 Å². The monoisotopic (exact) mass is 494 g/mol. The molecule has 0 spiro atoms. The minimum atomic E-state index is -0.561. The summed E-state index contributed by atoms with van der Waals surface area (Å²) in [7, 11) is 0. The van der Waals surface area contributed by atoms with Gasteiger partial charge >= 0.3 is 0 Å². The number of nitrogens with zero attached hydrogens (tertiary/aromatic N) is 3. The molecule has 35 heavy (non-hydrogen) atoms. The number of rotatable bonds is 7. The van der Waals surface area contributed by atoms with Crippen molar-refractivity contribution in [3.8, 4) is 6.07 Å². The van der Waals surface area contributed by atoms with Crippen LogP contribution in [0, 0.1) is 11.3 Å². The van der Waals surface area contributed by atoms with Gasteiger partial charge in [-0.05, 0) is 34.5 Å². The Morgan fingerprint density at radius 1 is 1.00 bits per heavy atom. The minimum absolute atomic E-state index is 0.0825. The molecule has 5 rings (SSSR count). The molecular weight excluding hydrogens is 476 g/mol. The number of amides is 1. The summed E-state index contributed by atoms with van der Waals surface area (Å²) in [6.07, 6.45) is 2.05. The quantitative estimate of drug-likeness (QED) is 0.203. The molecule has 8 heteroatoms. The Morgan fingerprint density at radius 3 is 2.66 bits per heavy atom. The third-order valence-electron chi connectivity index (χ3n) is 5.10. The van der Waals surface area contributed by atoms with Gasteiger partial charge in [0.1, 0.15) is 22.4 Å². The molecule has 1 amide bonds. The number of hydrogen-bond acceptors (Lipinski definition) is 7. The molecule has 0 unspecified atom stereocenters. The normalized spacial score (nSPS) is 11.3. The summed E-state index contributed by atoms with van der Waals surface area (Å²) in [5.74, 6) is -0.143. The number of hydrogen-bond donors (Lipinski definition) is 1. The molecule has 5 aromatic rings. The number of aromatic nitrogens is 2. The van der Waals surface area contributed by atoms with Gasteiger partial charge in [0.25, 0.3) is 5.91 Å². The average Bonchev–Trinajstić information content (AvgIpc) is 3.52. The van der Waals surface area contributed by atoms with Crippen LogP contribution in [0.4, 0.5) is 5.13 Å². The molecule has 2 heterocycles. The smallest absolute Gasteiger partial charge is 0.268 e. The Kier molecular flexibility index (Phi) is 6.70. The molecule has 0 saturated heterocycles. The lowest BCUT2D eigenvalue weighted by Gasteiger charge is -2.04. The lowest BCUT2D eigenvalue weighted by Crippen LogP contribution is -2.13. The largest absolute Gasteiger partial charge is 0.450 e. The maximum absolute atomic E-state index is 12.7. The van der Waals surface area contributed by atoms with E-state index in [1.54, 1.807) is 6.07 Å². The van der Waals surface area contributed by atoms with Gasteiger partial charge < -0.3 is 4.42 Å². The van der Waals surface area contributed by atoms with E-state index in [0.29, 0.717) is 22.4 Å². The summed E-state index contributed by atoms with van der Waals surface area (Å²) in [5, 5.41) is 24.4. The van der Waals surface area contributed by atoms with Gasteiger partial charge in [-0.2, -0.15) is 5.26 Å². The van der Waals surface area contributed by atoms with Crippen LogP contribution >= 0.6 is 23.1 Å². The van der Waals surface area contributed by atoms with Crippen LogP contribution < -0.4 is 5.32 Å². The van der Waals surface area contributed by atoms with Crippen molar-refractivity contribution >= 4 is 51.0 Å². The van der Waals surface area contributed by atoms with Gasteiger partial charge in [-0.15, -0.1) is 10.2 Å². The molecule has 6 nitrogen and oxygen atoms in total. The van der Waals surface area contributed by atoms with Gasteiger partial charge in [-0.3, -0.25) is 10.1 Å². The highest BCUT2D eigenvalue weighted by Gasteiger charge is 2.14. The van der Waals surface area contributed by atoms with Crippen molar-refractivity contribution in [2.75, 3.05) is 5.32 Å². The van der Waals surface area contributed by atoms with Crippen molar-refractivity contribution in [2.45, 2.75) is 16.4 Å². The van der Waals surface area contributed by atoms with Gasteiger partial charge in [0.2, 0.25) is 5.13 Å². The zero-order valence-corrected chi connectivity index (χ0v) is 20.0. The van der Waals surface area contributed by atoms with Crippen LogP contribution in [-0.2, 0) is 11.2 Å². The number of anilines is 1. The summed E-state index contributed by atoms with van der Waals surface area (Å²) in [5.41, 5.74) is 1.02. The molecule has 2 aromatic heterocycles. The first-order valence-corrected chi connectivity index (χ1v) is 12.4. The number of carbonyl (C=O) groups excluding carboxylic acids is 1. The standard InChI is InChI=1S/C27H18N4O2S2/c28-17-20(26(32)29-27-31-30-24(35-27)15-18-7-2-1-3-8-18)16-21-13-14-25(33-21)34-23-12-6-10-19-9-4-5-11-22(19)23/h1-14,16H,15H2,(H,29,31,32)/b20-16-. The van der Waals surface area contributed by atoms with E-state index in [1.807, 2.05) is 66.7 Å². The number of nitriles is 1. The molecule has 1 N–H and O–H groups in total. The Bertz CT molecular complexity index is 1560. The second-order valence-electron chi connectivity index (χ2n) is 7.52. The van der Waals surface area contributed by atoms with Gasteiger partial charge in [0.05, 0.1) is 0 Å². The van der Waals surface area contributed by atoms with Crippen LogP contribution in [0.15, 0.2) is 105 Å². The van der Waals surface area contributed by atoms with E-state index >= 15 is 0 Å². The molecular formula is C27H18N4O2S2. The van der Waals surface area contributed by atoms with E-state index in [0.717, 1.165) is 26.2 Å². The maximum Gasteiger partial charge on any atom is 0.268 e. The molecule has 0 aliphatic heterocycles. The first kappa shape index (κ1) is 22.6. The zero-order chi connectivity index (χ0) is 24.0. The van der Waals surface area contributed by atoms with Crippen molar-refractivity contribution in [1.29, 1.82) is 5.26 Å². The van der Waals surface area contributed by atoms with Gasteiger partial charge in [-0.25, -0.2) is 0 Å². The number of benzene rings is 3. The van der Waals surface area contributed by atoms with E-state index in [4.69, 9.17) is 4.42 Å². The number of carbonyl (C=O) groups is 1. The first-order valence-electron chi connectivity index (χ1n) is 10.7. The van der Waals surface area contributed by atoms with Crippen LogP contribution in [0.3, 0.4) is 0 Å². The van der Waals surface area contributed by atoms with Crippen LogP contribution in [-0.4, -0.2) is 16.1 Å². The minimum Gasteiger partial charge on any atom is -0.450 e. The summed E-state index contributed by atoms with van der Waals surface area (Å²) in [6.45, 7) is 0. The van der Waals surface area contributed by atoms with Crippen molar-refractivity contribution < 1.29 is 9.21 Å². The molecule has 170 valence electrons. The van der Waals surface area contributed by atoms with Gasteiger partial charge in [0.15, 0.2) is 5.09 Å². The SMILES string of the molecule is N#C/C(=C/c1ccc(Sc2cccc3ccccc23)o1)C(=O)Nc1nnc(Cc2ccccc2)s1. The van der Waals surface area contributed by atoms with Crippen molar-refractivity contribution in [3.05, 3.63) is 107 Å². The number of fused-ring (bicyclic) bond motifs is 1. The third kappa shape index (κ3) is 5.49. The molecule has 3 aromatic carbocycles. The molecule has 0 bridgehead atoms. The highest BCUT2D eigenvalue weighted by atomic mass is 32.2. The summed E-state index contributed by atoms with van der Waals surface area (Å²) >= 11 is 2.77. The topological polar surface area (TPSA) is 91.8 Å². The van der Waals surface area contributed by atoms with Crippen molar-refractivity contribution in [2.24, 2.45) is 0 Å². The Balaban J connectivity index is 1.27. The van der Waals surface area contributed by atoms with E-state index in [9.17, 15) is 10.1 Å². The predicted molar refractivity (Wildman–Crippen MR) is 138 cm³/mol. The first-order chi connectivity index (χ1) is 17.2.